The smallest absolute Gasteiger partial charge is 0.337 e. The highest BCUT2D eigenvalue weighted by Crippen LogP contribution is 2.24. The average molecular weight is 307 g/mol. The fourth-order valence-electron chi connectivity index (χ4n) is 2.09. The first-order valence-corrected chi connectivity index (χ1v) is 6.84. The Labute approximate surface area is 127 Å². The zero-order valence-electron chi connectivity index (χ0n) is 11.2. The molecule has 2 rings (SSSR count). The van der Waals surface area contributed by atoms with Gasteiger partial charge >= 0.3 is 5.97 Å². The standard InChI is InChI=1S/C16H15ClO4/c17-14-8-10(4-6-13(14)16(20)21)5-7-15(19)11-2-1-3-12(18)9-11/h1-4,6,8-9,15,18-19H,5,7H2,(H,20,21). The van der Waals surface area contributed by atoms with Gasteiger partial charge in [-0.25, -0.2) is 4.79 Å². The van der Waals surface area contributed by atoms with Gasteiger partial charge in [-0.15, -0.1) is 0 Å². The largest absolute Gasteiger partial charge is 0.508 e. The molecule has 5 heteroatoms. The van der Waals surface area contributed by atoms with Crippen LogP contribution in [0.2, 0.25) is 5.02 Å². The molecule has 0 aromatic heterocycles. The molecule has 0 fully saturated rings. The lowest BCUT2D eigenvalue weighted by Gasteiger charge is -2.11. The molecule has 0 amide bonds. The lowest BCUT2D eigenvalue weighted by Crippen LogP contribution is -2.01. The number of aliphatic hydroxyl groups is 1. The van der Waals surface area contributed by atoms with Crippen molar-refractivity contribution in [1.82, 2.24) is 0 Å². The number of phenolic OH excluding ortho intramolecular Hbond substituents is 1. The minimum Gasteiger partial charge on any atom is -0.508 e. The van der Waals surface area contributed by atoms with Gasteiger partial charge in [0.2, 0.25) is 0 Å². The van der Waals surface area contributed by atoms with E-state index < -0.39 is 12.1 Å². The van der Waals surface area contributed by atoms with Crippen LogP contribution in [-0.4, -0.2) is 21.3 Å². The molecule has 0 spiro atoms. The van der Waals surface area contributed by atoms with E-state index in [1.54, 1.807) is 30.3 Å². The van der Waals surface area contributed by atoms with Crippen LogP contribution >= 0.6 is 11.6 Å². The number of hydrogen-bond donors (Lipinski definition) is 3. The summed E-state index contributed by atoms with van der Waals surface area (Å²) in [6.07, 6.45) is 0.304. The van der Waals surface area contributed by atoms with Crippen molar-refractivity contribution in [2.45, 2.75) is 18.9 Å². The van der Waals surface area contributed by atoms with Gasteiger partial charge < -0.3 is 15.3 Å². The van der Waals surface area contributed by atoms with Crippen molar-refractivity contribution in [1.29, 1.82) is 0 Å². The summed E-state index contributed by atoms with van der Waals surface area (Å²) in [4.78, 5) is 10.9. The number of aromatic hydroxyl groups is 1. The summed E-state index contributed by atoms with van der Waals surface area (Å²) >= 11 is 5.90. The number of aromatic carboxylic acids is 1. The fraction of sp³-hybridized carbons (Fsp3) is 0.188. The molecule has 0 radical (unpaired) electrons. The van der Waals surface area contributed by atoms with E-state index in [1.807, 2.05) is 0 Å². The number of carbonyl (C=O) groups is 1. The number of rotatable bonds is 5. The summed E-state index contributed by atoms with van der Waals surface area (Å²) in [7, 11) is 0. The topological polar surface area (TPSA) is 77.8 Å². The summed E-state index contributed by atoms with van der Waals surface area (Å²) < 4.78 is 0. The van der Waals surface area contributed by atoms with Crippen LogP contribution in [-0.2, 0) is 6.42 Å². The first-order chi connectivity index (χ1) is 9.97. The third-order valence-corrected chi connectivity index (χ3v) is 3.54. The van der Waals surface area contributed by atoms with E-state index in [-0.39, 0.29) is 16.3 Å². The first kappa shape index (κ1) is 15.4. The molecule has 0 aliphatic carbocycles. The maximum absolute atomic E-state index is 10.9. The van der Waals surface area contributed by atoms with Gasteiger partial charge in [-0.3, -0.25) is 0 Å². The fourth-order valence-corrected chi connectivity index (χ4v) is 2.37. The first-order valence-electron chi connectivity index (χ1n) is 6.46. The highest BCUT2D eigenvalue weighted by Gasteiger charge is 2.11. The molecule has 0 saturated carbocycles. The molecule has 2 aromatic rings. The quantitative estimate of drug-likeness (QED) is 0.791. The third-order valence-electron chi connectivity index (χ3n) is 3.23. The second-order valence-electron chi connectivity index (χ2n) is 4.77. The van der Waals surface area contributed by atoms with E-state index in [0.717, 1.165) is 5.56 Å². The van der Waals surface area contributed by atoms with Gasteiger partial charge in [0.25, 0.3) is 0 Å². The number of aliphatic hydroxyl groups excluding tert-OH is 1. The number of carboxylic acid groups (broad SMARTS) is 1. The molecule has 0 aliphatic heterocycles. The van der Waals surface area contributed by atoms with Crippen molar-refractivity contribution < 1.29 is 20.1 Å². The van der Waals surface area contributed by atoms with Gasteiger partial charge in [-0.1, -0.05) is 29.8 Å². The van der Waals surface area contributed by atoms with E-state index in [1.165, 1.54) is 12.1 Å². The molecule has 4 nitrogen and oxygen atoms in total. The molecule has 0 bridgehead atoms. The van der Waals surface area contributed by atoms with E-state index in [0.29, 0.717) is 18.4 Å². The lowest BCUT2D eigenvalue weighted by atomic mass is 10.0. The van der Waals surface area contributed by atoms with Crippen molar-refractivity contribution in [3.8, 4) is 5.75 Å². The predicted molar refractivity (Wildman–Crippen MR) is 79.8 cm³/mol. The van der Waals surface area contributed by atoms with Gasteiger partial charge in [0.05, 0.1) is 16.7 Å². The van der Waals surface area contributed by atoms with Crippen LogP contribution in [0.15, 0.2) is 42.5 Å². The molecular formula is C16H15ClO4. The van der Waals surface area contributed by atoms with E-state index >= 15 is 0 Å². The van der Waals surface area contributed by atoms with Crippen LogP contribution in [0.1, 0.15) is 34.0 Å². The van der Waals surface area contributed by atoms with Crippen LogP contribution in [0.3, 0.4) is 0 Å². The van der Waals surface area contributed by atoms with E-state index in [2.05, 4.69) is 0 Å². The molecule has 3 N–H and O–H groups in total. The number of halogens is 1. The van der Waals surface area contributed by atoms with Crippen LogP contribution in [0.4, 0.5) is 0 Å². The predicted octanol–water partition coefficient (Wildman–Crippen LogP) is 3.41. The maximum Gasteiger partial charge on any atom is 0.337 e. The highest BCUT2D eigenvalue weighted by atomic mass is 35.5. The number of hydrogen-bond acceptors (Lipinski definition) is 3. The molecule has 1 unspecified atom stereocenters. The van der Waals surface area contributed by atoms with Crippen LogP contribution in [0, 0.1) is 0 Å². The monoisotopic (exact) mass is 306 g/mol. The van der Waals surface area contributed by atoms with Crippen molar-refractivity contribution >= 4 is 17.6 Å². The Morgan fingerprint density at radius 3 is 2.57 bits per heavy atom. The van der Waals surface area contributed by atoms with Crippen LogP contribution in [0.25, 0.3) is 0 Å². The maximum atomic E-state index is 10.9. The van der Waals surface area contributed by atoms with Crippen LogP contribution < -0.4 is 0 Å². The summed E-state index contributed by atoms with van der Waals surface area (Å²) in [5.74, 6) is -0.952. The summed E-state index contributed by atoms with van der Waals surface area (Å²) in [6, 6.07) is 11.2. The van der Waals surface area contributed by atoms with Gasteiger partial charge in [0, 0.05) is 0 Å². The third kappa shape index (κ3) is 3.97. The Bertz CT molecular complexity index is 654. The molecular weight excluding hydrogens is 292 g/mol. The lowest BCUT2D eigenvalue weighted by molar-refractivity contribution is 0.0697. The molecule has 0 heterocycles. The summed E-state index contributed by atoms with van der Waals surface area (Å²) in [5.41, 5.74) is 1.56. The molecule has 21 heavy (non-hydrogen) atoms. The minimum atomic E-state index is -1.06. The van der Waals surface area contributed by atoms with Crippen molar-refractivity contribution in [3.63, 3.8) is 0 Å². The van der Waals surface area contributed by atoms with E-state index in [4.69, 9.17) is 16.7 Å². The Balaban J connectivity index is 2.03. The Hall–Kier alpha value is -2.04. The van der Waals surface area contributed by atoms with Crippen molar-refractivity contribution in [3.05, 3.63) is 64.2 Å². The van der Waals surface area contributed by atoms with Crippen LogP contribution in [0.5, 0.6) is 5.75 Å². The van der Waals surface area contributed by atoms with Gasteiger partial charge in [0.1, 0.15) is 5.75 Å². The highest BCUT2D eigenvalue weighted by molar-refractivity contribution is 6.33. The van der Waals surface area contributed by atoms with Gasteiger partial charge in [-0.05, 0) is 48.2 Å². The second-order valence-corrected chi connectivity index (χ2v) is 5.18. The molecule has 0 aliphatic rings. The molecule has 1 atom stereocenters. The minimum absolute atomic E-state index is 0.0638. The number of phenols is 1. The zero-order chi connectivity index (χ0) is 15.4. The SMILES string of the molecule is O=C(O)c1ccc(CCC(O)c2cccc(O)c2)cc1Cl. The number of aryl methyl sites for hydroxylation is 1. The zero-order valence-corrected chi connectivity index (χ0v) is 11.9. The van der Waals surface area contributed by atoms with Crippen molar-refractivity contribution in [2.75, 3.05) is 0 Å². The summed E-state index contributed by atoms with van der Waals surface area (Å²) in [5, 5.41) is 28.6. The van der Waals surface area contributed by atoms with E-state index in [9.17, 15) is 15.0 Å². The summed E-state index contributed by atoms with van der Waals surface area (Å²) in [6.45, 7) is 0. The normalized spacial score (nSPS) is 12.1. The molecule has 110 valence electrons. The Kier molecular flexibility index (Phi) is 4.83. The molecule has 2 aromatic carbocycles. The Morgan fingerprint density at radius 1 is 1.19 bits per heavy atom. The second kappa shape index (κ2) is 6.61. The number of carboxylic acids is 1. The Morgan fingerprint density at radius 2 is 1.95 bits per heavy atom. The average Bonchev–Trinajstić information content (AvgIpc) is 2.44. The van der Waals surface area contributed by atoms with Crippen molar-refractivity contribution in [2.24, 2.45) is 0 Å². The molecule has 0 saturated heterocycles. The number of benzene rings is 2. The van der Waals surface area contributed by atoms with Gasteiger partial charge in [-0.2, -0.15) is 0 Å². The van der Waals surface area contributed by atoms with Gasteiger partial charge in [0.15, 0.2) is 0 Å².